The maximum absolute atomic E-state index is 12.5. The highest BCUT2D eigenvalue weighted by Crippen LogP contribution is 2.16. The maximum Gasteiger partial charge on any atom is 0.328 e. The number of anilines is 1. The SMILES string of the molecule is Cn1c(=O)[nH]cc(C(=O)N2CCN(c3ccccc3)CC2)c1=O. The molecular weight excluding hydrogens is 296 g/mol. The fourth-order valence-electron chi connectivity index (χ4n) is 2.70. The van der Waals surface area contributed by atoms with Crippen LogP contribution < -0.4 is 16.1 Å². The third-order valence-electron chi connectivity index (χ3n) is 4.10. The zero-order valence-electron chi connectivity index (χ0n) is 12.9. The molecular formula is C16H18N4O3. The first-order valence-corrected chi connectivity index (χ1v) is 7.46. The largest absolute Gasteiger partial charge is 0.368 e. The Morgan fingerprint density at radius 3 is 2.35 bits per heavy atom. The van der Waals surface area contributed by atoms with Crippen LogP contribution in [0.2, 0.25) is 0 Å². The van der Waals surface area contributed by atoms with Gasteiger partial charge >= 0.3 is 5.69 Å². The summed E-state index contributed by atoms with van der Waals surface area (Å²) < 4.78 is 0.910. The van der Waals surface area contributed by atoms with Crippen molar-refractivity contribution >= 4 is 11.6 Å². The summed E-state index contributed by atoms with van der Waals surface area (Å²) in [4.78, 5) is 42.2. The maximum atomic E-state index is 12.5. The number of nitrogens with one attached hydrogen (secondary N) is 1. The molecule has 0 radical (unpaired) electrons. The molecule has 0 saturated carbocycles. The van der Waals surface area contributed by atoms with Gasteiger partial charge in [0.2, 0.25) is 0 Å². The third kappa shape index (κ3) is 2.90. The van der Waals surface area contributed by atoms with Gasteiger partial charge in [0.25, 0.3) is 11.5 Å². The van der Waals surface area contributed by atoms with E-state index in [2.05, 4.69) is 9.88 Å². The van der Waals surface area contributed by atoms with E-state index in [-0.39, 0.29) is 11.5 Å². The molecule has 2 aromatic rings. The normalized spacial score (nSPS) is 14.8. The Bertz CT molecular complexity index is 817. The van der Waals surface area contributed by atoms with E-state index < -0.39 is 11.2 Å². The van der Waals surface area contributed by atoms with Crippen LogP contribution in [0.25, 0.3) is 0 Å². The smallest absolute Gasteiger partial charge is 0.328 e. The van der Waals surface area contributed by atoms with Crippen LogP contribution in [0.15, 0.2) is 46.1 Å². The van der Waals surface area contributed by atoms with E-state index in [9.17, 15) is 14.4 Å². The summed E-state index contributed by atoms with van der Waals surface area (Å²) >= 11 is 0. The van der Waals surface area contributed by atoms with Crippen molar-refractivity contribution in [3.05, 3.63) is 62.9 Å². The fraction of sp³-hybridized carbons (Fsp3) is 0.312. The number of rotatable bonds is 2. The molecule has 1 N–H and O–H groups in total. The van der Waals surface area contributed by atoms with E-state index in [0.717, 1.165) is 10.3 Å². The minimum absolute atomic E-state index is 0.000242. The second kappa shape index (κ2) is 6.12. The van der Waals surface area contributed by atoms with Crippen LogP contribution in [0.4, 0.5) is 5.69 Å². The van der Waals surface area contributed by atoms with Gasteiger partial charge in [-0.05, 0) is 12.1 Å². The van der Waals surface area contributed by atoms with Crippen LogP contribution in [-0.2, 0) is 7.05 Å². The fourth-order valence-corrected chi connectivity index (χ4v) is 2.70. The van der Waals surface area contributed by atoms with E-state index in [0.29, 0.717) is 26.2 Å². The quantitative estimate of drug-likeness (QED) is 0.849. The number of hydrogen-bond donors (Lipinski definition) is 1. The molecule has 3 rings (SSSR count). The van der Waals surface area contributed by atoms with Crippen LogP contribution in [-0.4, -0.2) is 46.5 Å². The Morgan fingerprint density at radius 1 is 1.04 bits per heavy atom. The number of H-pyrrole nitrogens is 1. The predicted molar refractivity (Wildman–Crippen MR) is 86.9 cm³/mol. The number of carbonyl (C=O) groups is 1. The molecule has 23 heavy (non-hydrogen) atoms. The average Bonchev–Trinajstić information content (AvgIpc) is 2.60. The molecule has 1 aromatic carbocycles. The number of hydrogen-bond acceptors (Lipinski definition) is 4. The molecule has 0 unspecified atom stereocenters. The van der Waals surface area contributed by atoms with E-state index in [1.54, 1.807) is 4.90 Å². The molecule has 0 bridgehead atoms. The first-order valence-electron chi connectivity index (χ1n) is 7.46. The van der Waals surface area contributed by atoms with Crippen molar-refractivity contribution in [1.29, 1.82) is 0 Å². The lowest BCUT2D eigenvalue weighted by atomic mass is 10.2. The summed E-state index contributed by atoms with van der Waals surface area (Å²) in [7, 11) is 1.35. The van der Waals surface area contributed by atoms with E-state index >= 15 is 0 Å². The van der Waals surface area contributed by atoms with Gasteiger partial charge in [-0.2, -0.15) is 0 Å². The summed E-state index contributed by atoms with van der Waals surface area (Å²) in [6, 6.07) is 10.0. The van der Waals surface area contributed by atoms with Crippen molar-refractivity contribution in [2.45, 2.75) is 0 Å². The first-order chi connectivity index (χ1) is 11.1. The molecule has 1 amide bonds. The topological polar surface area (TPSA) is 78.4 Å². The Kier molecular flexibility index (Phi) is 4.01. The third-order valence-corrected chi connectivity index (χ3v) is 4.10. The molecule has 1 aliphatic rings. The molecule has 2 heterocycles. The van der Waals surface area contributed by atoms with Crippen LogP contribution in [0.3, 0.4) is 0 Å². The highest BCUT2D eigenvalue weighted by atomic mass is 16.2. The highest BCUT2D eigenvalue weighted by molar-refractivity contribution is 5.93. The van der Waals surface area contributed by atoms with Gasteiger partial charge in [0, 0.05) is 45.1 Å². The summed E-state index contributed by atoms with van der Waals surface area (Å²) in [5, 5.41) is 0. The van der Waals surface area contributed by atoms with Gasteiger partial charge < -0.3 is 14.8 Å². The van der Waals surface area contributed by atoms with Gasteiger partial charge in [-0.25, -0.2) is 4.79 Å². The lowest BCUT2D eigenvalue weighted by Gasteiger charge is -2.36. The lowest BCUT2D eigenvalue weighted by molar-refractivity contribution is 0.0743. The van der Waals surface area contributed by atoms with Crippen LogP contribution >= 0.6 is 0 Å². The molecule has 1 saturated heterocycles. The Balaban J connectivity index is 1.73. The van der Waals surface area contributed by atoms with Crippen molar-refractivity contribution in [1.82, 2.24) is 14.5 Å². The molecule has 1 fully saturated rings. The molecule has 7 heteroatoms. The van der Waals surface area contributed by atoms with Crippen molar-refractivity contribution in [2.24, 2.45) is 7.05 Å². The van der Waals surface area contributed by atoms with Gasteiger partial charge in [0.15, 0.2) is 0 Å². The monoisotopic (exact) mass is 314 g/mol. The molecule has 1 aliphatic heterocycles. The van der Waals surface area contributed by atoms with E-state index in [1.807, 2.05) is 30.3 Å². The minimum Gasteiger partial charge on any atom is -0.368 e. The average molecular weight is 314 g/mol. The second-order valence-corrected chi connectivity index (χ2v) is 5.49. The van der Waals surface area contributed by atoms with Gasteiger partial charge in [-0.15, -0.1) is 0 Å². The van der Waals surface area contributed by atoms with Gasteiger partial charge in [0.1, 0.15) is 5.56 Å². The summed E-state index contributed by atoms with van der Waals surface area (Å²) in [6.07, 6.45) is 1.20. The summed E-state index contributed by atoms with van der Waals surface area (Å²) in [5.41, 5.74) is 0.0319. The summed E-state index contributed by atoms with van der Waals surface area (Å²) in [5.74, 6) is -0.338. The Hall–Kier alpha value is -2.83. The van der Waals surface area contributed by atoms with Crippen LogP contribution in [0.5, 0.6) is 0 Å². The molecule has 0 spiro atoms. The number of carbonyl (C=O) groups excluding carboxylic acids is 1. The molecule has 0 aliphatic carbocycles. The van der Waals surface area contributed by atoms with Gasteiger partial charge in [0.05, 0.1) is 0 Å². The second-order valence-electron chi connectivity index (χ2n) is 5.49. The standard InChI is InChI=1S/C16H18N4O3/c1-18-14(21)13(11-17-16(18)23)15(22)20-9-7-19(8-10-20)12-5-3-2-4-6-12/h2-6,11H,7-10H2,1H3,(H,17,23). The number of nitrogens with zero attached hydrogens (tertiary/aromatic N) is 3. The van der Waals surface area contributed by atoms with Crippen LogP contribution in [0.1, 0.15) is 10.4 Å². The predicted octanol–water partition coefficient (Wildman–Crippen LogP) is 0.0360. The number of amides is 1. The van der Waals surface area contributed by atoms with Crippen molar-refractivity contribution in [3.8, 4) is 0 Å². The van der Waals surface area contributed by atoms with Crippen molar-refractivity contribution < 1.29 is 4.79 Å². The lowest BCUT2D eigenvalue weighted by Crippen LogP contribution is -2.50. The zero-order valence-corrected chi connectivity index (χ0v) is 12.9. The number of benzene rings is 1. The number of piperazine rings is 1. The number of aromatic nitrogens is 2. The molecule has 1 aromatic heterocycles. The molecule has 7 nitrogen and oxygen atoms in total. The number of aromatic amines is 1. The Labute approximate surface area is 132 Å². The van der Waals surface area contributed by atoms with E-state index in [1.165, 1.54) is 13.2 Å². The van der Waals surface area contributed by atoms with Crippen molar-refractivity contribution in [2.75, 3.05) is 31.1 Å². The molecule has 0 atom stereocenters. The highest BCUT2D eigenvalue weighted by Gasteiger charge is 2.24. The van der Waals surface area contributed by atoms with E-state index in [4.69, 9.17) is 0 Å². The molecule has 120 valence electrons. The zero-order chi connectivity index (χ0) is 16.4. The number of para-hydroxylation sites is 1. The first kappa shape index (κ1) is 15.1. The summed E-state index contributed by atoms with van der Waals surface area (Å²) in [6.45, 7) is 2.49. The van der Waals surface area contributed by atoms with Crippen molar-refractivity contribution in [3.63, 3.8) is 0 Å². The Morgan fingerprint density at radius 2 is 1.70 bits per heavy atom. The van der Waals surface area contributed by atoms with Gasteiger partial charge in [-0.3, -0.25) is 14.2 Å². The van der Waals surface area contributed by atoms with Gasteiger partial charge in [-0.1, -0.05) is 18.2 Å². The minimum atomic E-state index is -0.566. The van der Waals surface area contributed by atoms with Crippen LogP contribution in [0, 0.1) is 0 Å².